The minimum absolute atomic E-state index is 0.0147. The number of amides is 2. The Labute approximate surface area is 161 Å². The van der Waals surface area contributed by atoms with Gasteiger partial charge in [0.2, 0.25) is 0 Å². The number of hydrogen-bond donors (Lipinski definition) is 2. The van der Waals surface area contributed by atoms with Crippen molar-refractivity contribution in [1.82, 2.24) is 20.1 Å². The van der Waals surface area contributed by atoms with Crippen molar-refractivity contribution in [2.45, 2.75) is 12.5 Å². The van der Waals surface area contributed by atoms with E-state index >= 15 is 0 Å². The Hall–Kier alpha value is -3.00. The molecule has 4 heterocycles. The number of urea groups is 1. The molecule has 1 fully saturated rings. The zero-order chi connectivity index (χ0) is 18.8. The Bertz CT molecular complexity index is 939. The first-order valence-corrected chi connectivity index (χ1v) is 8.99. The van der Waals surface area contributed by atoms with Crippen molar-refractivity contribution in [3.05, 3.63) is 47.8 Å². The van der Waals surface area contributed by atoms with Crippen LogP contribution in [0.2, 0.25) is 5.02 Å². The minimum Gasteiger partial charge on any atom is -0.463 e. The number of carbonyl (C=O) groups is 1. The molecule has 0 bridgehead atoms. The highest BCUT2D eigenvalue weighted by Crippen LogP contribution is 2.26. The molecule has 0 aromatic carbocycles. The van der Waals surface area contributed by atoms with Crippen molar-refractivity contribution in [3.8, 4) is 11.5 Å². The summed E-state index contributed by atoms with van der Waals surface area (Å²) in [5.41, 5.74) is 0.662. The van der Waals surface area contributed by atoms with Crippen molar-refractivity contribution in [2.75, 3.05) is 23.3 Å². The average Bonchev–Trinajstić information content (AvgIpc) is 3.38. The molecule has 1 aliphatic heterocycles. The molecule has 1 atom stereocenters. The second-order valence-electron chi connectivity index (χ2n) is 6.35. The molecule has 1 unspecified atom stereocenters. The number of hydrogen-bond acceptors (Lipinski definition) is 5. The number of aromatic nitrogens is 3. The molecule has 0 saturated carbocycles. The van der Waals surface area contributed by atoms with Crippen LogP contribution in [-0.2, 0) is 7.05 Å². The first-order chi connectivity index (χ1) is 13.1. The van der Waals surface area contributed by atoms with Crippen molar-refractivity contribution in [3.63, 3.8) is 0 Å². The lowest BCUT2D eigenvalue weighted by atomic mass is 10.3. The topological polar surface area (TPSA) is 88.2 Å². The molecule has 27 heavy (non-hydrogen) atoms. The van der Waals surface area contributed by atoms with Gasteiger partial charge in [-0.2, -0.15) is 5.10 Å². The number of rotatable bonds is 4. The summed E-state index contributed by atoms with van der Waals surface area (Å²) in [5, 5.41) is 10.8. The summed E-state index contributed by atoms with van der Waals surface area (Å²) < 4.78 is 6.94. The molecular weight excluding hydrogens is 368 g/mol. The molecule has 2 amide bonds. The lowest BCUT2D eigenvalue weighted by Crippen LogP contribution is -2.40. The predicted molar refractivity (Wildman–Crippen MR) is 103 cm³/mol. The van der Waals surface area contributed by atoms with E-state index in [2.05, 4.69) is 25.6 Å². The Balaban J connectivity index is 1.36. The van der Waals surface area contributed by atoms with E-state index < -0.39 is 0 Å². The van der Waals surface area contributed by atoms with E-state index in [9.17, 15) is 4.79 Å². The second kappa shape index (κ2) is 7.32. The lowest BCUT2D eigenvalue weighted by molar-refractivity contribution is 0.249. The molecule has 140 valence electrons. The van der Waals surface area contributed by atoms with Crippen LogP contribution in [0.1, 0.15) is 6.42 Å². The van der Waals surface area contributed by atoms with E-state index in [1.165, 1.54) is 0 Å². The van der Waals surface area contributed by atoms with Gasteiger partial charge in [-0.15, -0.1) is 0 Å². The Morgan fingerprint density at radius 2 is 2.26 bits per heavy atom. The van der Waals surface area contributed by atoms with Gasteiger partial charge in [0, 0.05) is 38.4 Å². The van der Waals surface area contributed by atoms with Crippen molar-refractivity contribution < 1.29 is 9.21 Å². The van der Waals surface area contributed by atoms with E-state index in [1.807, 2.05) is 12.1 Å². The highest BCUT2D eigenvalue weighted by Gasteiger charge is 2.26. The molecule has 2 N–H and O–H groups in total. The van der Waals surface area contributed by atoms with Gasteiger partial charge in [0.15, 0.2) is 5.76 Å². The first-order valence-electron chi connectivity index (χ1n) is 8.61. The van der Waals surface area contributed by atoms with Crippen LogP contribution in [0, 0.1) is 0 Å². The fourth-order valence-corrected chi connectivity index (χ4v) is 3.39. The van der Waals surface area contributed by atoms with Crippen molar-refractivity contribution in [1.29, 1.82) is 0 Å². The Kier molecular flexibility index (Phi) is 4.72. The maximum absolute atomic E-state index is 12.4. The zero-order valence-corrected chi connectivity index (χ0v) is 15.5. The smallest absolute Gasteiger partial charge is 0.320 e. The Morgan fingerprint density at radius 3 is 3.04 bits per heavy atom. The number of halogens is 1. The maximum Gasteiger partial charge on any atom is 0.320 e. The summed E-state index contributed by atoms with van der Waals surface area (Å²) in [6.07, 6.45) is 4.13. The van der Waals surface area contributed by atoms with Gasteiger partial charge < -0.3 is 14.6 Å². The van der Waals surface area contributed by atoms with E-state index in [4.69, 9.17) is 16.0 Å². The molecule has 0 radical (unpaired) electrons. The first kappa shape index (κ1) is 17.4. The summed E-state index contributed by atoms with van der Waals surface area (Å²) in [6, 6.07) is 8.74. The van der Waals surface area contributed by atoms with Crippen LogP contribution in [0.5, 0.6) is 0 Å². The van der Waals surface area contributed by atoms with Crippen molar-refractivity contribution >= 4 is 29.3 Å². The zero-order valence-electron chi connectivity index (χ0n) is 14.7. The lowest BCUT2D eigenvalue weighted by Gasteiger charge is -2.19. The SMILES string of the molecule is Cn1nc(-c2ccco2)cc1NC(=O)NC1CCN(c2ncccc2Cl)C1. The monoisotopic (exact) mass is 386 g/mol. The van der Waals surface area contributed by atoms with Crippen molar-refractivity contribution in [2.24, 2.45) is 7.05 Å². The molecule has 9 heteroatoms. The normalized spacial score (nSPS) is 16.5. The second-order valence-corrected chi connectivity index (χ2v) is 6.76. The summed E-state index contributed by atoms with van der Waals surface area (Å²) in [6.45, 7) is 1.45. The van der Waals surface area contributed by atoms with Gasteiger partial charge in [0.1, 0.15) is 17.3 Å². The van der Waals surface area contributed by atoms with Crippen LogP contribution in [0.4, 0.5) is 16.4 Å². The third kappa shape index (κ3) is 3.75. The number of anilines is 2. The van der Waals surface area contributed by atoms with Gasteiger partial charge in [-0.25, -0.2) is 9.78 Å². The summed E-state index contributed by atoms with van der Waals surface area (Å²) in [4.78, 5) is 18.8. The number of furan rings is 1. The maximum atomic E-state index is 12.4. The predicted octanol–water partition coefficient (Wildman–Crippen LogP) is 3.13. The molecule has 8 nitrogen and oxygen atoms in total. The highest BCUT2D eigenvalue weighted by molar-refractivity contribution is 6.32. The fourth-order valence-electron chi connectivity index (χ4n) is 3.15. The molecule has 3 aromatic heterocycles. The largest absolute Gasteiger partial charge is 0.463 e. The van der Waals surface area contributed by atoms with E-state index in [-0.39, 0.29) is 12.1 Å². The summed E-state index contributed by atoms with van der Waals surface area (Å²) >= 11 is 6.21. The molecule has 3 aromatic rings. The van der Waals surface area contributed by atoms with Crippen LogP contribution in [-0.4, -0.2) is 39.9 Å². The minimum atomic E-state index is -0.275. The molecule has 4 rings (SSSR count). The number of carbonyl (C=O) groups excluding carboxylic acids is 1. The quantitative estimate of drug-likeness (QED) is 0.719. The third-order valence-electron chi connectivity index (χ3n) is 4.46. The van der Waals surface area contributed by atoms with Gasteiger partial charge >= 0.3 is 6.03 Å². The van der Waals surface area contributed by atoms with Crippen LogP contribution in [0.3, 0.4) is 0 Å². The van der Waals surface area contributed by atoms with E-state index in [0.717, 1.165) is 18.8 Å². The van der Waals surface area contributed by atoms with Crippen LogP contribution >= 0.6 is 11.6 Å². The van der Waals surface area contributed by atoms with Gasteiger partial charge in [0.05, 0.1) is 11.3 Å². The fraction of sp³-hybridized carbons (Fsp3) is 0.278. The van der Waals surface area contributed by atoms with E-state index in [0.29, 0.717) is 28.8 Å². The summed E-state index contributed by atoms with van der Waals surface area (Å²) in [5.74, 6) is 1.98. The Morgan fingerprint density at radius 1 is 1.37 bits per heavy atom. The third-order valence-corrected chi connectivity index (χ3v) is 4.75. The highest BCUT2D eigenvalue weighted by atomic mass is 35.5. The summed E-state index contributed by atoms with van der Waals surface area (Å²) in [7, 11) is 1.77. The van der Waals surface area contributed by atoms with Gasteiger partial charge in [-0.05, 0) is 30.7 Å². The molecule has 0 aliphatic carbocycles. The van der Waals surface area contributed by atoms with Gasteiger partial charge in [-0.1, -0.05) is 11.6 Å². The number of nitrogens with one attached hydrogen (secondary N) is 2. The molecule has 0 spiro atoms. The molecular formula is C18H19ClN6O2. The number of pyridine rings is 1. The van der Waals surface area contributed by atoms with E-state index in [1.54, 1.807) is 42.4 Å². The molecule has 1 aliphatic rings. The van der Waals surface area contributed by atoms with Crippen LogP contribution in [0.15, 0.2) is 47.2 Å². The average molecular weight is 387 g/mol. The number of aryl methyl sites for hydroxylation is 1. The van der Waals surface area contributed by atoms with Crippen LogP contribution in [0.25, 0.3) is 11.5 Å². The number of nitrogens with zero attached hydrogens (tertiary/aromatic N) is 4. The van der Waals surface area contributed by atoms with Gasteiger partial charge in [0.25, 0.3) is 0 Å². The van der Waals surface area contributed by atoms with Crippen LogP contribution < -0.4 is 15.5 Å². The standard InChI is InChI=1S/C18H19ClN6O2/c1-24-16(10-14(23-24)15-5-3-9-27-15)22-18(26)21-12-6-8-25(11-12)17-13(19)4-2-7-20-17/h2-5,7,9-10,12H,6,8,11H2,1H3,(H2,21,22,26). The molecule has 1 saturated heterocycles. The van der Waals surface area contributed by atoms with Gasteiger partial charge in [-0.3, -0.25) is 10.00 Å².